The standard InChI is InChI=1S/C26H35N3O4/c1-19-14-28(17-23-6-7-24(26(31)32)25(30)13-23)15-20(2)29(19)18-22-5-3-4-21(12-22)16-27-8-10-33-11-9-27/h3-7,12-13,19-20,30H,8-11,14-18H2,1-2H3,(H,31,32)/t19-,20+. The van der Waals surface area contributed by atoms with Gasteiger partial charge in [0.1, 0.15) is 11.3 Å². The van der Waals surface area contributed by atoms with E-state index in [-0.39, 0.29) is 11.3 Å². The first-order valence-electron chi connectivity index (χ1n) is 11.8. The van der Waals surface area contributed by atoms with Crippen LogP contribution < -0.4 is 0 Å². The van der Waals surface area contributed by atoms with Crippen LogP contribution in [0.2, 0.25) is 0 Å². The van der Waals surface area contributed by atoms with Crippen molar-refractivity contribution >= 4 is 5.97 Å². The number of rotatable bonds is 7. The molecule has 0 spiro atoms. The van der Waals surface area contributed by atoms with Crippen LogP contribution >= 0.6 is 0 Å². The van der Waals surface area contributed by atoms with Crippen molar-refractivity contribution in [3.05, 3.63) is 64.7 Å². The summed E-state index contributed by atoms with van der Waals surface area (Å²) in [6.07, 6.45) is 0. The Balaban J connectivity index is 1.35. The van der Waals surface area contributed by atoms with Crippen LogP contribution in [0, 0.1) is 0 Å². The molecule has 2 heterocycles. The van der Waals surface area contributed by atoms with Gasteiger partial charge in [0.15, 0.2) is 0 Å². The molecule has 178 valence electrons. The first-order chi connectivity index (χ1) is 15.9. The molecule has 0 unspecified atom stereocenters. The van der Waals surface area contributed by atoms with Gasteiger partial charge in [-0.2, -0.15) is 0 Å². The van der Waals surface area contributed by atoms with E-state index in [1.54, 1.807) is 12.1 Å². The van der Waals surface area contributed by atoms with Gasteiger partial charge < -0.3 is 14.9 Å². The third-order valence-electron chi connectivity index (χ3n) is 6.74. The van der Waals surface area contributed by atoms with E-state index in [1.807, 2.05) is 0 Å². The Morgan fingerprint density at radius 3 is 2.15 bits per heavy atom. The van der Waals surface area contributed by atoms with E-state index in [4.69, 9.17) is 9.84 Å². The molecule has 2 aliphatic rings. The van der Waals surface area contributed by atoms with Crippen molar-refractivity contribution < 1.29 is 19.7 Å². The second-order valence-electron chi connectivity index (χ2n) is 9.43. The first kappa shape index (κ1) is 23.7. The number of carbonyl (C=O) groups is 1. The molecule has 0 aliphatic carbocycles. The zero-order chi connectivity index (χ0) is 23.4. The van der Waals surface area contributed by atoms with Crippen molar-refractivity contribution in [2.75, 3.05) is 39.4 Å². The van der Waals surface area contributed by atoms with Gasteiger partial charge in [0.2, 0.25) is 0 Å². The number of phenols is 1. The van der Waals surface area contributed by atoms with Gasteiger partial charge in [-0.3, -0.25) is 14.7 Å². The van der Waals surface area contributed by atoms with Gasteiger partial charge in [0.05, 0.1) is 13.2 Å². The number of aromatic hydroxyl groups is 1. The highest BCUT2D eigenvalue weighted by atomic mass is 16.5. The van der Waals surface area contributed by atoms with Gasteiger partial charge in [0, 0.05) is 57.9 Å². The quantitative estimate of drug-likeness (QED) is 0.667. The van der Waals surface area contributed by atoms with Crippen LogP contribution in [0.4, 0.5) is 0 Å². The summed E-state index contributed by atoms with van der Waals surface area (Å²) in [5, 5.41) is 19.1. The number of hydrogen-bond acceptors (Lipinski definition) is 6. The fourth-order valence-electron chi connectivity index (χ4n) is 5.08. The van der Waals surface area contributed by atoms with Gasteiger partial charge in [-0.15, -0.1) is 0 Å². The van der Waals surface area contributed by atoms with Gasteiger partial charge in [-0.05, 0) is 42.7 Å². The van der Waals surface area contributed by atoms with Crippen LogP contribution in [0.25, 0.3) is 0 Å². The lowest BCUT2D eigenvalue weighted by molar-refractivity contribution is 0.0287. The topological polar surface area (TPSA) is 76.5 Å². The van der Waals surface area contributed by atoms with E-state index in [1.165, 1.54) is 17.2 Å². The van der Waals surface area contributed by atoms with Crippen LogP contribution in [-0.4, -0.2) is 82.4 Å². The lowest BCUT2D eigenvalue weighted by Gasteiger charge is -2.44. The van der Waals surface area contributed by atoms with E-state index in [0.29, 0.717) is 18.6 Å². The molecule has 2 aliphatic heterocycles. The van der Waals surface area contributed by atoms with E-state index >= 15 is 0 Å². The Hall–Kier alpha value is -2.45. The summed E-state index contributed by atoms with van der Waals surface area (Å²) >= 11 is 0. The predicted molar refractivity (Wildman–Crippen MR) is 127 cm³/mol. The van der Waals surface area contributed by atoms with Crippen LogP contribution in [-0.2, 0) is 24.4 Å². The number of benzene rings is 2. The Morgan fingerprint density at radius 2 is 1.52 bits per heavy atom. The zero-order valence-corrected chi connectivity index (χ0v) is 19.6. The summed E-state index contributed by atoms with van der Waals surface area (Å²) in [6, 6.07) is 14.6. The summed E-state index contributed by atoms with van der Waals surface area (Å²) in [5.41, 5.74) is 3.59. The molecule has 7 heteroatoms. The number of hydrogen-bond donors (Lipinski definition) is 2. The summed E-state index contributed by atoms with van der Waals surface area (Å²) in [7, 11) is 0. The lowest BCUT2D eigenvalue weighted by atomic mass is 10.0. The number of aromatic carboxylic acids is 1. The van der Waals surface area contributed by atoms with Gasteiger partial charge in [-0.1, -0.05) is 30.3 Å². The molecule has 0 bridgehead atoms. The Labute approximate surface area is 196 Å². The Bertz CT molecular complexity index is 948. The van der Waals surface area contributed by atoms with E-state index in [0.717, 1.165) is 58.0 Å². The third kappa shape index (κ3) is 6.12. The first-order valence-corrected chi connectivity index (χ1v) is 11.8. The molecule has 0 saturated carbocycles. The molecule has 2 aromatic carbocycles. The zero-order valence-electron chi connectivity index (χ0n) is 19.6. The van der Waals surface area contributed by atoms with Crippen molar-refractivity contribution in [1.82, 2.24) is 14.7 Å². The smallest absolute Gasteiger partial charge is 0.339 e. The minimum atomic E-state index is -1.11. The van der Waals surface area contributed by atoms with Crippen molar-refractivity contribution in [3.63, 3.8) is 0 Å². The Kier molecular flexibility index (Phi) is 7.65. The van der Waals surface area contributed by atoms with E-state index in [9.17, 15) is 9.90 Å². The van der Waals surface area contributed by atoms with E-state index in [2.05, 4.69) is 52.8 Å². The third-order valence-corrected chi connectivity index (χ3v) is 6.74. The molecule has 0 radical (unpaired) electrons. The van der Waals surface area contributed by atoms with Crippen molar-refractivity contribution in [3.8, 4) is 5.75 Å². The molecule has 4 rings (SSSR count). The van der Waals surface area contributed by atoms with Crippen LogP contribution in [0.5, 0.6) is 5.75 Å². The SMILES string of the molecule is C[C@@H]1CN(Cc2ccc(C(=O)O)c(O)c2)C[C@H](C)N1Cc1cccc(CN2CCOCC2)c1. The average Bonchev–Trinajstić information content (AvgIpc) is 2.77. The largest absolute Gasteiger partial charge is 0.507 e. The maximum atomic E-state index is 11.1. The highest BCUT2D eigenvalue weighted by Gasteiger charge is 2.29. The van der Waals surface area contributed by atoms with Crippen LogP contribution in [0.15, 0.2) is 42.5 Å². The molecular formula is C26H35N3O4. The molecule has 7 nitrogen and oxygen atoms in total. The molecule has 33 heavy (non-hydrogen) atoms. The summed E-state index contributed by atoms with van der Waals surface area (Å²) < 4.78 is 5.46. The minimum Gasteiger partial charge on any atom is -0.507 e. The number of carboxylic acids is 1. The molecule has 0 amide bonds. The summed E-state index contributed by atoms with van der Waals surface area (Å²) in [5.74, 6) is -1.28. The highest BCUT2D eigenvalue weighted by molar-refractivity contribution is 5.90. The fourth-order valence-corrected chi connectivity index (χ4v) is 5.08. The molecule has 0 aromatic heterocycles. The lowest BCUT2D eigenvalue weighted by Crippen LogP contribution is -2.55. The molecule has 2 fully saturated rings. The number of nitrogens with zero attached hydrogens (tertiary/aromatic N) is 3. The maximum absolute atomic E-state index is 11.1. The second kappa shape index (κ2) is 10.7. The predicted octanol–water partition coefficient (Wildman–Crippen LogP) is 3.02. The minimum absolute atomic E-state index is 0.0545. The van der Waals surface area contributed by atoms with Gasteiger partial charge in [0.25, 0.3) is 0 Å². The molecule has 2 atom stereocenters. The van der Waals surface area contributed by atoms with Gasteiger partial charge in [-0.25, -0.2) is 4.79 Å². The summed E-state index contributed by atoms with van der Waals surface area (Å²) in [6.45, 7) is 12.6. The molecular weight excluding hydrogens is 418 g/mol. The monoisotopic (exact) mass is 453 g/mol. The summed E-state index contributed by atoms with van der Waals surface area (Å²) in [4.78, 5) is 18.5. The van der Waals surface area contributed by atoms with E-state index < -0.39 is 5.97 Å². The molecule has 2 aromatic rings. The van der Waals surface area contributed by atoms with Crippen molar-refractivity contribution in [2.24, 2.45) is 0 Å². The number of morpholine rings is 1. The van der Waals surface area contributed by atoms with Crippen LogP contribution in [0.1, 0.15) is 40.9 Å². The Morgan fingerprint density at radius 1 is 0.909 bits per heavy atom. The second-order valence-corrected chi connectivity index (χ2v) is 9.43. The number of ether oxygens (including phenoxy) is 1. The highest BCUT2D eigenvalue weighted by Crippen LogP contribution is 2.24. The number of carboxylic acid groups (broad SMARTS) is 1. The maximum Gasteiger partial charge on any atom is 0.339 e. The van der Waals surface area contributed by atoms with Crippen molar-refractivity contribution in [1.29, 1.82) is 0 Å². The molecule has 2 N–H and O–H groups in total. The van der Waals surface area contributed by atoms with Crippen molar-refractivity contribution in [2.45, 2.75) is 45.6 Å². The normalized spacial score (nSPS) is 23.0. The molecule has 2 saturated heterocycles. The number of piperazine rings is 1. The van der Waals surface area contributed by atoms with Gasteiger partial charge >= 0.3 is 5.97 Å². The average molecular weight is 454 g/mol. The van der Waals surface area contributed by atoms with Crippen LogP contribution in [0.3, 0.4) is 0 Å². The fraction of sp³-hybridized carbons (Fsp3) is 0.500.